The number of rotatable bonds is 4. The van der Waals surface area contributed by atoms with Gasteiger partial charge in [0.2, 0.25) is 9.84 Å². The van der Waals surface area contributed by atoms with Gasteiger partial charge in [0, 0.05) is 0 Å². The van der Waals surface area contributed by atoms with Crippen molar-refractivity contribution < 1.29 is 34.4 Å². The van der Waals surface area contributed by atoms with E-state index in [9.17, 15) is 25.3 Å². The molecule has 13 heteroatoms. The second-order valence-electron chi connectivity index (χ2n) is 4.64. The Labute approximate surface area is 153 Å². The van der Waals surface area contributed by atoms with Crippen LogP contribution in [0.25, 0.3) is 0 Å². The number of hydrogen-bond donors (Lipinski definition) is 2. The predicted molar refractivity (Wildman–Crippen MR) is 88.0 cm³/mol. The molecule has 0 saturated carbocycles. The van der Waals surface area contributed by atoms with Crippen LogP contribution in [0.15, 0.2) is 56.0 Å². The molecule has 0 aliphatic carbocycles. The highest BCUT2D eigenvalue weighted by Crippen LogP contribution is 2.31. The minimum absolute atomic E-state index is 0.406. The van der Waals surface area contributed by atoms with E-state index in [0.29, 0.717) is 12.1 Å². The standard InChI is InChI=1S/C12H8Cl2O8S3/c13-9-3-1-7(5-11(9)24(17,18)19)23(15,16)8-2-4-10(14)12(6-8)25(20,21)22/h1-6H,(H,17,18,19)(H,20,21,22). The van der Waals surface area contributed by atoms with Crippen LogP contribution in [0.3, 0.4) is 0 Å². The summed E-state index contributed by atoms with van der Waals surface area (Å²) in [4.78, 5) is -2.82. The molecule has 0 aromatic heterocycles. The fraction of sp³-hybridized carbons (Fsp3) is 0. The monoisotopic (exact) mass is 446 g/mol. The lowest BCUT2D eigenvalue weighted by Gasteiger charge is -2.09. The first-order valence-electron chi connectivity index (χ1n) is 6.04. The fourth-order valence-corrected chi connectivity index (χ4v) is 5.30. The smallest absolute Gasteiger partial charge is 0.282 e. The molecule has 2 rings (SSSR count). The predicted octanol–water partition coefficient (Wildman–Crippen LogP) is 2.32. The van der Waals surface area contributed by atoms with Crippen LogP contribution in [0.4, 0.5) is 0 Å². The Morgan fingerprint density at radius 3 is 1.24 bits per heavy atom. The van der Waals surface area contributed by atoms with Crippen LogP contribution in [0.2, 0.25) is 10.0 Å². The summed E-state index contributed by atoms with van der Waals surface area (Å²) < 4.78 is 88.3. The van der Waals surface area contributed by atoms with Crippen LogP contribution >= 0.6 is 23.2 Å². The van der Waals surface area contributed by atoms with Crippen LogP contribution in [0.1, 0.15) is 0 Å². The summed E-state index contributed by atoms with van der Waals surface area (Å²) >= 11 is 11.2. The van der Waals surface area contributed by atoms with Crippen molar-refractivity contribution in [2.75, 3.05) is 0 Å². The maximum Gasteiger partial charge on any atom is 0.296 e. The molecular formula is C12H8Cl2O8S3. The molecule has 0 fully saturated rings. The van der Waals surface area contributed by atoms with Gasteiger partial charge in [0.15, 0.2) is 0 Å². The second kappa shape index (κ2) is 6.50. The largest absolute Gasteiger partial charge is 0.296 e. The van der Waals surface area contributed by atoms with Gasteiger partial charge < -0.3 is 0 Å². The third kappa shape index (κ3) is 4.14. The summed E-state index contributed by atoms with van der Waals surface area (Å²) in [7, 11) is -14.0. The summed E-state index contributed by atoms with van der Waals surface area (Å²) in [6.07, 6.45) is 0. The number of hydrogen-bond acceptors (Lipinski definition) is 6. The van der Waals surface area contributed by atoms with Crippen molar-refractivity contribution >= 4 is 53.3 Å². The van der Waals surface area contributed by atoms with Crippen molar-refractivity contribution in [2.24, 2.45) is 0 Å². The van der Waals surface area contributed by atoms with Gasteiger partial charge in [0.25, 0.3) is 20.2 Å². The summed E-state index contributed by atoms with van der Waals surface area (Å²) in [5.74, 6) is 0. The van der Waals surface area contributed by atoms with Gasteiger partial charge >= 0.3 is 0 Å². The van der Waals surface area contributed by atoms with Gasteiger partial charge in [-0.1, -0.05) is 23.2 Å². The number of benzene rings is 2. The Bertz CT molecular complexity index is 1080. The van der Waals surface area contributed by atoms with Crippen molar-refractivity contribution in [3.63, 3.8) is 0 Å². The molecule has 8 nitrogen and oxygen atoms in total. The third-order valence-electron chi connectivity index (χ3n) is 2.98. The van der Waals surface area contributed by atoms with Gasteiger partial charge in [-0.15, -0.1) is 0 Å². The Morgan fingerprint density at radius 1 is 0.640 bits per heavy atom. The zero-order valence-electron chi connectivity index (χ0n) is 11.8. The van der Waals surface area contributed by atoms with E-state index in [0.717, 1.165) is 24.3 Å². The molecular weight excluding hydrogens is 439 g/mol. The summed E-state index contributed by atoms with van der Waals surface area (Å²) in [5.41, 5.74) is 0. The summed E-state index contributed by atoms with van der Waals surface area (Å²) in [5, 5.41) is -0.813. The fourth-order valence-electron chi connectivity index (χ4n) is 1.83. The molecule has 25 heavy (non-hydrogen) atoms. The lowest BCUT2D eigenvalue weighted by Crippen LogP contribution is -2.07. The molecule has 0 aliphatic heterocycles. The first kappa shape index (κ1) is 20.1. The summed E-state index contributed by atoms with van der Waals surface area (Å²) in [6.45, 7) is 0. The van der Waals surface area contributed by atoms with Crippen molar-refractivity contribution in [3.05, 3.63) is 46.4 Å². The maximum absolute atomic E-state index is 12.6. The molecule has 0 spiro atoms. The van der Waals surface area contributed by atoms with E-state index in [2.05, 4.69) is 0 Å². The zero-order chi connectivity index (χ0) is 19.2. The van der Waals surface area contributed by atoms with Gasteiger partial charge in [-0.3, -0.25) is 9.11 Å². The van der Waals surface area contributed by atoms with Gasteiger partial charge in [-0.2, -0.15) is 16.8 Å². The molecule has 0 unspecified atom stereocenters. The van der Waals surface area contributed by atoms with Crippen LogP contribution in [-0.4, -0.2) is 34.4 Å². The Hall–Kier alpha value is -1.21. The van der Waals surface area contributed by atoms with Crippen LogP contribution in [0.5, 0.6) is 0 Å². The molecule has 0 bridgehead atoms. The average Bonchev–Trinajstić information content (AvgIpc) is 2.45. The van der Waals surface area contributed by atoms with Crippen molar-refractivity contribution in [1.82, 2.24) is 0 Å². The van der Waals surface area contributed by atoms with E-state index in [-0.39, 0.29) is 0 Å². The second-order valence-corrected chi connectivity index (χ2v) is 10.2. The quantitative estimate of drug-likeness (QED) is 0.680. The van der Waals surface area contributed by atoms with Gasteiger partial charge in [-0.25, -0.2) is 8.42 Å². The first-order chi connectivity index (χ1) is 11.2. The summed E-state index contributed by atoms with van der Waals surface area (Å²) in [6, 6.07) is 5.06. The molecule has 2 aromatic rings. The van der Waals surface area contributed by atoms with Gasteiger partial charge in [0.1, 0.15) is 9.79 Å². The van der Waals surface area contributed by atoms with E-state index in [1.165, 1.54) is 0 Å². The molecule has 136 valence electrons. The zero-order valence-corrected chi connectivity index (χ0v) is 15.8. The van der Waals surface area contributed by atoms with E-state index >= 15 is 0 Å². The Balaban J connectivity index is 2.73. The molecule has 0 aliphatic rings. The van der Waals surface area contributed by atoms with Crippen LogP contribution in [-0.2, 0) is 30.1 Å². The number of halogens is 2. The van der Waals surface area contributed by atoms with Crippen molar-refractivity contribution in [3.8, 4) is 0 Å². The molecule has 2 aromatic carbocycles. The molecule has 0 radical (unpaired) electrons. The van der Waals surface area contributed by atoms with E-state index < -0.39 is 59.7 Å². The van der Waals surface area contributed by atoms with Gasteiger partial charge in [0.05, 0.1) is 19.8 Å². The first-order valence-corrected chi connectivity index (χ1v) is 11.2. The van der Waals surface area contributed by atoms with Crippen LogP contribution in [0, 0.1) is 0 Å². The van der Waals surface area contributed by atoms with Crippen molar-refractivity contribution in [2.45, 2.75) is 19.6 Å². The number of sulfone groups is 1. The van der Waals surface area contributed by atoms with E-state index in [1.54, 1.807) is 0 Å². The van der Waals surface area contributed by atoms with Crippen LogP contribution < -0.4 is 0 Å². The lowest BCUT2D eigenvalue weighted by atomic mass is 10.3. The molecule has 2 N–H and O–H groups in total. The Kier molecular flexibility index (Phi) is 5.23. The lowest BCUT2D eigenvalue weighted by molar-refractivity contribution is 0.481. The highest BCUT2D eigenvalue weighted by molar-refractivity contribution is 7.91. The SMILES string of the molecule is O=S(=O)(O)c1cc(S(=O)(=O)c2ccc(Cl)c(S(=O)(=O)O)c2)ccc1Cl. The van der Waals surface area contributed by atoms with Gasteiger partial charge in [-0.05, 0) is 36.4 Å². The average molecular weight is 447 g/mol. The third-order valence-corrected chi connectivity index (χ3v) is 7.40. The van der Waals surface area contributed by atoms with Crippen molar-refractivity contribution in [1.29, 1.82) is 0 Å². The maximum atomic E-state index is 12.6. The highest BCUT2D eigenvalue weighted by atomic mass is 35.5. The minimum atomic E-state index is -4.79. The topological polar surface area (TPSA) is 143 Å². The molecule has 0 saturated heterocycles. The molecule has 0 heterocycles. The normalized spacial score (nSPS) is 13.0. The van der Waals surface area contributed by atoms with E-state index in [4.69, 9.17) is 32.3 Å². The molecule has 0 amide bonds. The molecule has 0 atom stereocenters. The Morgan fingerprint density at radius 2 is 0.960 bits per heavy atom. The van der Waals surface area contributed by atoms with E-state index in [1.807, 2.05) is 0 Å². The minimum Gasteiger partial charge on any atom is -0.282 e. The highest BCUT2D eigenvalue weighted by Gasteiger charge is 2.25.